The lowest BCUT2D eigenvalue weighted by Crippen LogP contribution is -2.33. The van der Waals surface area contributed by atoms with Gasteiger partial charge in [0.15, 0.2) is 11.6 Å². The van der Waals surface area contributed by atoms with Gasteiger partial charge in [-0.25, -0.2) is 4.98 Å². The molecule has 11 aromatic rings. The Morgan fingerprint density at radius 1 is 0.344 bits per heavy atom. The third-order valence-electron chi connectivity index (χ3n) is 13.8. The van der Waals surface area contributed by atoms with E-state index >= 15 is 0 Å². The SMILES string of the molecule is CC1(C)CCC(C)(C)c2cc3c(cc21)c1cc2c4ccccc4n(-c4ccccc4)c2cc1n3-c1nc(-c2ccccc2)nc(-c2ccc(-c3cccc(-c4ccccc4)c3)cc2)n1. The van der Waals surface area contributed by atoms with Crippen LogP contribution in [-0.2, 0) is 10.8 Å². The van der Waals surface area contributed by atoms with Gasteiger partial charge >= 0.3 is 0 Å². The zero-order chi connectivity index (χ0) is 43.2. The largest absolute Gasteiger partial charge is 0.309 e. The Morgan fingerprint density at radius 3 is 1.48 bits per heavy atom. The Bertz CT molecular complexity index is 3580. The zero-order valence-corrected chi connectivity index (χ0v) is 36.5. The molecule has 0 bridgehead atoms. The van der Waals surface area contributed by atoms with Crippen molar-refractivity contribution in [3.8, 4) is 56.7 Å². The van der Waals surface area contributed by atoms with Crippen LogP contribution in [0, 0.1) is 0 Å². The van der Waals surface area contributed by atoms with Crippen molar-refractivity contribution in [2.24, 2.45) is 0 Å². The average molecular weight is 826 g/mol. The number of rotatable bonds is 6. The molecule has 0 spiro atoms. The first-order valence-corrected chi connectivity index (χ1v) is 22.4. The summed E-state index contributed by atoms with van der Waals surface area (Å²) in [7, 11) is 0. The summed E-state index contributed by atoms with van der Waals surface area (Å²) >= 11 is 0. The predicted octanol–water partition coefficient (Wildman–Crippen LogP) is 15.1. The minimum absolute atomic E-state index is 0.00690. The molecule has 0 aliphatic heterocycles. The van der Waals surface area contributed by atoms with Crippen LogP contribution in [0.5, 0.6) is 0 Å². The Hall–Kier alpha value is -7.63. The molecule has 64 heavy (non-hydrogen) atoms. The maximum Gasteiger partial charge on any atom is 0.238 e. The highest BCUT2D eigenvalue weighted by atomic mass is 15.2. The van der Waals surface area contributed by atoms with Crippen LogP contribution in [0.3, 0.4) is 0 Å². The van der Waals surface area contributed by atoms with Gasteiger partial charge in [-0.15, -0.1) is 0 Å². The van der Waals surface area contributed by atoms with Crippen LogP contribution in [0.1, 0.15) is 51.7 Å². The molecule has 0 amide bonds. The van der Waals surface area contributed by atoms with E-state index in [1.165, 1.54) is 49.3 Å². The van der Waals surface area contributed by atoms with Crippen LogP contribution in [0.25, 0.3) is 100 Å². The van der Waals surface area contributed by atoms with Gasteiger partial charge in [-0.2, -0.15) is 9.97 Å². The lowest BCUT2D eigenvalue weighted by molar-refractivity contribution is 0.332. The van der Waals surface area contributed by atoms with Gasteiger partial charge < -0.3 is 4.57 Å². The highest BCUT2D eigenvalue weighted by molar-refractivity contribution is 6.19. The lowest BCUT2D eigenvalue weighted by atomic mass is 9.63. The third kappa shape index (κ3) is 6.17. The van der Waals surface area contributed by atoms with Gasteiger partial charge in [-0.1, -0.05) is 167 Å². The summed E-state index contributed by atoms with van der Waals surface area (Å²) in [6.07, 6.45) is 2.26. The molecule has 308 valence electrons. The molecule has 0 atom stereocenters. The van der Waals surface area contributed by atoms with Crippen LogP contribution in [0.15, 0.2) is 188 Å². The highest BCUT2D eigenvalue weighted by Crippen LogP contribution is 2.49. The van der Waals surface area contributed by atoms with Crippen LogP contribution in [0.2, 0.25) is 0 Å². The quantitative estimate of drug-likeness (QED) is 0.168. The first kappa shape index (κ1) is 38.1. The Kier molecular flexibility index (Phi) is 8.61. The van der Waals surface area contributed by atoms with Crippen LogP contribution < -0.4 is 0 Å². The van der Waals surface area contributed by atoms with Crippen molar-refractivity contribution >= 4 is 43.6 Å². The number of aromatic nitrogens is 5. The van der Waals surface area contributed by atoms with E-state index in [-0.39, 0.29) is 10.8 Å². The van der Waals surface area contributed by atoms with Gasteiger partial charge in [-0.3, -0.25) is 4.57 Å². The molecule has 3 aromatic heterocycles. The van der Waals surface area contributed by atoms with Gasteiger partial charge in [0.05, 0.1) is 22.1 Å². The third-order valence-corrected chi connectivity index (χ3v) is 13.8. The molecule has 8 aromatic carbocycles. The van der Waals surface area contributed by atoms with E-state index in [0.717, 1.165) is 57.3 Å². The van der Waals surface area contributed by atoms with E-state index in [9.17, 15) is 0 Å². The molecule has 0 saturated heterocycles. The zero-order valence-electron chi connectivity index (χ0n) is 36.5. The number of hydrogen-bond donors (Lipinski definition) is 0. The summed E-state index contributed by atoms with van der Waals surface area (Å²) in [6.45, 7) is 9.62. The maximum absolute atomic E-state index is 5.44. The molecule has 5 nitrogen and oxygen atoms in total. The fraction of sp³-hybridized carbons (Fsp3) is 0.136. The van der Waals surface area contributed by atoms with Gasteiger partial charge in [0, 0.05) is 38.4 Å². The van der Waals surface area contributed by atoms with Crippen LogP contribution in [-0.4, -0.2) is 24.1 Å². The van der Waals surface area contributed by atoms with Crippen molar-refractivity contribution in [3.63, 3.8) is 0 Å². The summed E-state index contributed by atoms with van der Waals surface area (Å²) in [5.41, 5.74) is 15.0. The Labute approximate surface area is 373 Å². The topological polar surface area (TPSA) is 48.5 Å². The molecule has 0 radical (unpaired) electrons. The van der Waals surface area contributed by atoms with E-state index in [2.05, 4.69) is 207 Å². The summed E-state index contributed by atoms with van der Waals surface area (Å²) in [5, 5.41) is 4.85. The molecule has 1 aliphatic rings. The van der Waals surface area contributed by atoms with Crippen molar-refractivity contribution in [2.45, 2.75) is 51.4 Å². The molecule has 12 rings (SSSR count). The summed E-state index contributed by atoms with van der Waals surface area (Å²) in [6, 6.07) is 67.5. The second kappa shape index (κ2) is 14.5. The first-order chi connectivity index (χ1) is 31.2. The summed E-state index contributed by atoms with van der Waals surface area (Å²) < 4.78 is 4.71. The number of para-hydroxylation sites is 2. The van der Waals surface area contributed by atoms with Gasteiger partial charge in [0.1, 0.15) is 0 Å². The van der Waals surface area contributed by atoms with Crippen molar-refractivity contribution in [2.75, 3.05) is 0 Å². The fourth-order valence-corrected chi connectivity index (χ4v) is 10.2. The molecule has 0 N–H and O–H groups in total. The molecule has 1 aliphatic carbocycles. The van der Waals surface area contributed by atoms with Crippen molar-refractivity contribution < 1.29 is 0 Å². The Balaban J connectivity index is 1.12. The first-order valence-electron chi connectivity index (χ1n) is 22.4. The van der Waals surface area contributed by atoms with Crippen molar-refractivity contribution in [3.05, 3.63) is 199 Å². The number of benzene rings is 8. The average Bonchev–Trinajstić information content (AvgIpc) is 3.84. The maximum atomic E-state index is 5.44. The fourth-order valence-electron chi connectivity index (χ4n) is 10.2. The van der Waals surface area contributed by atoms with Crippen molar-refractivity contribution in [1.29, 1.82) is 0 Å². The van der Waals surface area contributed by atoms with Crippen LogP contribution >= 0.6 is 0 Å². The molecule has 0 saturated carbocycles. The smallest absolute Gasteiger partial charge is 0.238 e. The number of hydrogen-bond acceptors (Lipinski definition) is 3. The van der Waals surface area contributed by atoms with Gasteiger partial charge in [0.2, 0.25) is 5.95 Å². The normalized spacial score (nSPS) is 14.4. The van der Waals surface area contributed by atoms with Crippen LogP contribution in [0.4, 0.5) is 0 Å². The Morgan fingerprint density at radius 2 is 0.812 bits per heavy atom. The lowest BCUT2D eigenvalue weighted by Gasteiger charge is -2.42. The minimum Gasteiger partial charge on any atom is -0.309 e. The van der Waals surface area contributed by atoms with Gasteiger partial charge in [0.25, 0.3) is 0 Å². The highest BCUT2D eigenvalue weighted by Gasteiger charge is 2.38. The van der Waals surface area contributed by atoms with E-state index in [1.807, 2.05) is 18.2 Å². The summed E-state index contributed by atoms with van der Waals surface area (Å²) in [5.74, 6) is 1.86. The molecular formula is C59H47N5. The minimum atomic E-state index is 0.00690. The van der Waals surface area contributed by atoms with Gasteiger partial charge in [-0.05, 0) is 106 Å². The second-order valence-electron chi connectivity index (χ2n) is 18.8. The standard InChI is InChI=1S/C59H47N5/c1-58(2)31-32-59(3,4)50-36-52-48(35-49(50)58)47-34-46-45-25-14-15-26-51(45)63(44-23-12-7-13-24-44)53(46)37-54(47)64(52)57-61-55(40-19-10-6-11-20-40)60-56(62-57)41-29-27-39(28-30-41)43-22-16-21-42(33-43)38-17-8-5-9-18-38/h5-30,33-37H,31-32H2,1-4H3. The molecule has 0 fully saturated rings. The summed E-state index contributed by atoms with van der Waals surface area (Å²) in [4.78, 5) is 16.0. The number of fused-ring (bicyclic) bond motifs is 7. The van der Waals surface area contributed by atoms with Crippen molar-refractivity contribution in [1.82, 2.24) is 24.1 Å². The second-order valence-corrected chi connectivity index (χ2v) is 18.8. The van der Waals surface area contributed by atoms with E-state index in [1.54, 1.807) is 0 Å². The molecule has 3 heterocycles. The van der Waals surface area contributed by atoms with E-state index in [0.29, 0.717) is 17.6 Å². The van der Waals surface area contributed by atoms with E-state index in [4.69, 9.17) is 15.0 Å². The predicted molar refractivity (Wildman–Crippen MR) is 266 cm³/mol. The number of nitrogens with zero attached hydrogens (tertiary/aromatic N) is 5. The molecule has 5 heteroatoms. The monoisotopic (exact) mass is 825 g/mol. The molecular weight excluding hydrogens is 779 g/mol. The molecule has 0 unspecified atom stereocenters. The van der Waals surface area contributed by atoms with E-state index < -0.39 is 0 Å².